The summed E-state index contributed by atoms with van der Waals surface area (Å²) in [5, 5.41) is 2.89. The molecule has 0 spiro atoms. The molecule has 3 nitrogen and oxygen atoms in total. The van der Waals surface area contributed by atoms with E-state index in [1.807, 2.05) is 24.3 Å². The summed E-state index contributed by atoms with van der Waals surface area (Å²) in [6.07, 6.45) is 3.27. The van der Waals surface area contributed by atoms with E-state index < -0.39 is 0 Å². The smallest absolute Gasteiger partial charge is 0.223 e. The van der Waals surface area contributed by atoms with E-state index in [1.54, 1.807) is 0 Å². The lowest BCUT2D eigenvalue weighted by atomic mass is 9.85. The van der Waals surface area contributed by atoms with E-state index in [2.05, 4.69) is 21.2 Å². The van der Waals surface area contributed by atoms with Crippen LogP contribution < -0.4 is 10.1 Å². The van der Waals surface area contributed by atoms with Gasteiger partial charge >= 0.3 is 0 Å². The number of hydrogen-bond donors (Lipinski definition) is 1. The van der Waals surface area contributed by atoms with Crippen LogP contribution in [0.15, 0.2) is 28.7 Å². The van der Waals surface area contributed by atoms with Crippen LogP contribution in [-0.2, 0) is 4.79 Å². The quantitative estimate of drug-likeness (QED) is 0.849. The first-order valence-electron chi connectivity index (χ1n) is 5.92. The Morgan fingerprint density at radius 1 is 1.35 bits per heavy atom. The van der Waals surface area contributed by atoms with Crippen molar-refractivity contribution in [1.82, 2.24) is 5.32 Å². The fraction of sp³-hybridized carbons (Fsp3) is 0.462. The zero-order valence-electron chi connectivity index (χ0n) is 9.62. The maximum atomic E-state index is 11.5. The SMILES string of the molecule is O=C(NCCOc1ccc(Br)cc1)C1CCC1. The maximum absolute atomic E-state index is 11.5. The van der Waals surface area contributed by atoms with Crippen molar-refractivity contribution in [2.45, 2.75) is 19.3 Å². The largest absolute Gasteiger partial charge is 0.492 e. The summed E-state index contributed by atoms with van der Waals surface area (Å²) >= 11 is 3.36. The van der Waals surface area contributed by atoms with Gasteiger partial charge in [-0.3, -0.25) is 4.79 Å². The number of nitrogens with one attached hydrogen (secondary N) is 1. The van der Waals surface area contributed by atoms with Gasteiger partial charge in [0.1, 0.15) is 12.4 Å². The molecular weight excluding hydrogens is 282 g/mol. The van der Waals surface area contributed by atoms with E-state index in [0.29, 0.717) is 13.2 Å². The van der Waals surface area contributed by atoms with Crippen molar-refractivity contribution in [3.05, 3.63) is 28.7 Å². The number of carbonyl (C=O) groups excluding carboxylic acids is 1. The molecule has 1 fully saturated rings. The van der Waals surface area contributed by atoms with E-state index in [-0.39, 0.29) is 11.8 Å². The van der Waals surface area contributed by atoms with Crippen LogP contribution in [0.4, 0.5) is 0 Å². The molecule has 1 aromatic carbocycles. The van der Waals surface area contributed by atoms with Crippen LogP contribution in [0.3, 0.4) is 0 Å². The molecule has 4 heteroatoms. The molecule has 0 radical (unpaired) electrons. The van der Waals surface area contributed by atoms with E-state index in [1.165, 1.54) is 6.42 Å². The third-order valence-corrected chi connectivity index (χ3v) is 3.49. The van der Waals surface area contributed by atoms with Gasteiger partial charge in [0, 0.05) is 10.4 Å². The highest BCUT2D eigenvalue weighted by Gasteiger charge is 2.24. The highest BCUT2D eigenvalue weighted by molar-refractivity contribution is 9.10. The predicted molar refractivity (Wildman–Crippen MR) is 70.0 cm³/mol. The molecule has 0 saturated heterocycles. The number of benzene rings is 1. The molecule has 1 amide bonds. The zero-order valence-corrected chi connectivity index (χ0v) is 11.2. The molecule has 1 aliphatic carbocycles. The Hall–Kier alpha value is -1.03. The Kier molecular flexibility index (Phi) is 4.42. The summed E-state index contributed by atoms with van der Waals surface area (Å²) in [5.41, 5.74) is 0. The van der Waals surface area contributed by atoms with Crippen molar-refractivity contribution in [3.63, 3.8) is 0 Å². The normalized spacial score (nSPS) is 15.1. The summed E-state index contributed by atoms with van der Waals surface area (Å²) in [6.45, 7) is 1.09. The maximum Gasteiger partial charge on any atom is 0.223 e. The highest BCUT2D eigenvalue weighted by Crippen LogP contribution is 2.26. The van der Waals surface area contributed by atoms with Crippen molar-refractivity contribution >= 4 is 21.8 Å². The number of carbonyl (C=O) groups is 1. The van der Waals surface area contributed by atoms with Gasteiger partial charge in [-0.05, 0) is 37.1 Å². The fourth-order valence-corrected chi connectivity index (χ4v) is 1.95. The van der Waals surface area contributed by atoms with E-state index in [4.69, 9.17) is 4.74 Å². The Labute approximate surface area is 110 Å². The van der Waals surface area contributed by atoms with E-state index >= 15 is 0 Å². The van der Waals surface area contributed by atoms with Crippen LogP contribution in [0.2, 0.25) is 0 Å². The van der Waals surface area contributed by atoms with Crippen molar-refractivity contribution in [1.29, 1.82) is 0 Å². The molecule has 0 aromatic heterocycles. The standard InChI is InChI=1S/C13H16BrNO2/c14-11-4-6-12(7-5-11)17-9-8-15-13(16)10-2-1-3-10/h4-7,10H,1-3,8-9H2,(H,15,16). The van der Waals surface area contributed by atoms with Gasteiger partial charge < -0.3 is 10.1 Å². The van der Waals surface area contributed by atoms with Crippen LogP contribution in [0.5, 0.6) is 5.75 Å². The Morgan fingerprint density at radius 2 is 2.06 bits per heavy atom. The lowest BCUT2D eigenvalue weighted by molar-refractivity contribution is -0.127. The number of hydrogen-bond acceptors (Lipinski definition) is 2. The molecule has 0 aliphatic heterocycles. The summed E-state index contributed by atoms with van der Waals surface area (Å²) in [7, 11) is 0. The van der Waals surface area contributed by atoms with E-state index in [0.717, 1.165) is 23.1 Å². The molecule has 1 aliphatic rings. The van der Waals surface area contributed by atoms with Crippen molar-refractivity contribution in [2.24, 2.45) is 5.92 Å². The molecule has 2 rings (SSSR count). The molecule has 0 unspecified atom stereocenters. The lowest BCUT2D eigenvalue weighted by Crippen LogP contribution is -2.36. The van der Waals surface area contributed by atoms with Crippen molar-refractivity contribution in [3.8, 4) is 5.75 Å². The minimum atomic E-state index is 0.177. The van der Waals surface area contributed by atoms with Crippen LogP contribution in [0.25, 0.3) is 0 Å². The fourth-order valence-electron chi connectivity index (χ4n) is 1.69. The van der Waals surface area contributed by atoms with Crippen molar-refractivity contribution < 1.29 is 9.53 Å². The highest BCUT2D eigenvalue weighted by atomic mass is 79.9. The number of halogens is 1. The van der Waals surface area contributed by atoms with Crippen LogP contribution >= 0.6 is 15.9 Å². The van der Waals surface area contributed by atoms with Gasteiger partial charge in [-0.2, -0.15) is 0 Å². The number of amides is 1. The van der Waals surface area contributed by atoms with Crippen LogP contribution in [0.1, 0.15) is 19.3 Å². The van der Waals surface area contributed by atoms with E-state index in [9.17, 15) is 4.79 Å². The Bertz CT molecular complexity index is 374. The molecule has 1 aromatic rings. The van der Waals surface area contributed by atoms with Crippen LogP contribution in [0, 0.1) is 5.92 Å². The van der Waals surface area contributed by atoms with Gasteiger partial charge in [0.05, 0.1) is 6.54 Å². The molecular formula is C13H16BrNO2. The van der Waals surface area contributed by atoms with Gasteiger partial charge in [-0.15, -0.1) is 0 Å². The number of rotatable bonds is 5. The summed E-state index contributed by atoms with van der Waals surface area (Å²) in [6, 6.07) is 7.67. The molecule has 17 heavy (non-hydrogen) atoms. The minimum absolute atomic E-state index is 0.177. The minimum Gasteiger partial charge on any atom is -0.492 e. The topological polar surface area (TPSA) is 38.3 Å². The second-order valence-corrected chi connectivity index (χ2v) is 5.14. The molecule has 92 valence electrons. The van der Waals surface area contributed by atoms with Gasteiger partial charge in [-0.1, -0.05) is 22.4 Å². The lowest BCUT2D eigenvalue weighted by Gasteiger charge is -2.23. The Balaban J connectivity index is 1.62. The average Bonchev–Trinajstić information content (AvgIpc) is 2.24. The zero-order chi connectivity index (χ0) is 12.1. The second-order valence-electron chi connectivity index (χ2n) is 4.22. The molecule has 1 N–H and O–H groups in total. The van der Waals surface area contributed by atoms with Gasteiger partial charge in [0.15, 0.2) is 0 Å². The Morgan fingerprint density at radius 3 is 2.65 bits per heavy atom. The third kappa shape index (κ3) is 3.73. The molecule has 1 saturated carbocycles. The van der Waals surface area contributed by atoms with Gasteiger partial charge in [0.2, 0.25) is 5.91 Å². The second kappa shape index (κ2) is 6.05. The predicted octanol–water partition coefficient (Wildman–Crippen LogP) is 2.74. The molecule has 0 atom stereocenters. The first kappa shape index (κ1) is 12.4. The third-order valence-electron chi connectivity index (χ3n) is 2.96. The summed E-state index contributed by atoms with van der Waals surface area (Å²) < 4.78 is 6.54. The van der Waals surface area contributed by atoms with Crippen LogP contribution in [-0.4, -0.2) is 19.1 Å². The van der Waals surface area contributed by atoms with Crippen molar-refractivity contribution in [2.75, 3.05) is 13.2 Å². The first-order chi connectivity index (χ1) is 8.25. The average molecular weight is 298 g/mol. The first-order valence-corrected chi connectivity index (χ1v) is 6.71. The molecule has 0 bridgehead atoms. The number of ether oxygens (including phenoxy) is 1. The van der Waals surface area contributed by atoms with Gasteiger partial charge in [0.25, 0.3) is 0 Å². The summed E-state index contributed by atoms with van der Waals surface area (Å²) in [5.74, 6) is 1.25. The summed E-state index contributed by atoms with van der Waals surface area (Å²) in [4.78, 5) is 11.5. The molecule has 0 heterocycles. The van der Waals surface area contributed by atoms with Gasteiger partial charge in [-0.25, -0.2) is 0 Å². The monoisotopic (exact) mass is 297 g/mol.